The molecule has 1 heterocycles. The Bertz CT molecular complexity index is 2110. The molecule has 9 nitrogen and oxygen atoms in total. The van der Waals surface area contributed by atoms with Gasteiger partial charge in [-0.25, -0.2) is 0 Å². The molecule has 1 N–H and O–H groups in total. The molecule has 0 unspecified atom stereocenters. The van der Waals surface area contributed by atoms with E-state index >= 15 is 0 Å². The maximum atomic E-state index is 14.3. The Morgan fingerprint density at radius 3 is 2.28 bits per heavy atom. The van der Waals surface area contributed by atoms with E-state index in [1.54, 1.807) is 38.5 Å². The number of ether oxygens (including phenoxy) is 3. The lowest BCUT2D eigenvalue weighted by atomic mass is 9.59. The van der Waals surface area contributed by atoms with Crippen molar-refractivity contribution in [3.05, 3.63) is 109 Å². The number of phenolic OH excluding ortho intramolecular Hbond substituents is 1. The van der Waals surface area contributed by atoms with Gasteiger partial charge in [0.1, 0.15) is 11.5 Å². The van der Waals surface area contributed by atoms with E-state index in [1.807, 2.05) is 48.6 Å². The van der Waals surface area contributed by atoms with Gasteiger partial charge >= 0.3 is 0 Å². The van der Waals surface area contributed by atoms with Gasteiger partial charge in [-0.2, -0.15) is 0 Å². The Morgan fingerprint density at radius 2 is 1.58 bits per heavy atom. The van der Waals surface area contributed by atoms with Gasteiger partial charge in [-0.05, 0) is 82.7 Å². The summed E-state index contributed by atoms with van der Waals surface area (Å²) in [6.07, 6.45) is 7.35. The summed E-state index contributed by atoms with van der Waals surface area (Å²) in [4.78, 5) is 56.7. The second kappa shape index (κ2) is 13.2. The molecule has 4 aliphatic rings. The molecular formula is C39H31Br2NO8. The minimum atomic E-state index is -0.823. The fraction of sp³-hybridized carbons (Fsp3) is 0.231. The Morgan fingerprint density at radius 1 is 0.840 bits per heavy atom. The molecule has 3 aromatic rings. The number of anilines is 1. The van der Waals surface area contributed by atoms with Crippen LogP contribution in [0, 0.1) is 17.8 Å². The molecule has 0 saturated carbocycles. The Labute approximate surface area is 305 Å². The van der Waals surface area contributed by atoms with Gasteiger partial charge in [0.15, 0.2) is 23.1 Å². The van der Waals surface area contributed by atoms with Crippen LogP contribution in [0.4, 0.5) is 5.69 Å². The average Bonchev–Trinajstić information content (AvgIpc) is 3.38. The molecule has 0 radical (unpaired) electrons. The zero-order chi connectivity index (χ0) is 35.4. The van der Waals surface area contributed by atoms with Crippen molar-refractivity contribution in [2.24, 2.45) is 17.8 Å². The lowest BCUT2D eigenvalue weighted by Crippen LogP contribution is -2.39. The van der Waals surface area contributed by atoms with Crippen LogP contribution in [0.3, 0.4) is 0 Å². The molecule has 11 heteroatoms. The molecule has 2 amide bonds. The number of hydrogen-bond acceptors (Lipinski definition) is 8. The van der Waals surface area contributed by atoms with Crippen molar-refractivity contribution in [1.82, 2.24) is 0 Å². The molecule has 50 heavy (non-hydrogen) atoms. The first-order chi connectivity index (χ1) is 24.1. The third-order valence-electron chi connectivity index (χ3n) is 9.97. The fourth-order valence-corrected chi connectivity index (χ4v) is 8.58. The number of methoxy groups -OCH3 is 3. The summed E-state index contributed by atoms with van der Waals surface area (Å²) in [5.74, 6) is -2.75. The minimum Gasteiger partial charge on any atom is -0.504 e. The second-order valence-electron chi connectivity index (χ2n) is 12.5. The zero-order valence-electron chi connectivity index (χ0n) is 27.2. The highest BCUT2D eigenvalue weighted by atomic mass is 79.9. The van der Waals surface area contributed by atoms with Crippen molar-refractivity contribution in [2.45, 2.75) is 18.8 Å². The van der Waals surface area contributed by atoms with Gasteiger partial charge < -0.3 is 19.3 Å². The van der Waals surface area contributed by atoms with E-state index in [0.717, 1.165) is 16.7 Å². The average molecular weight is 801 g/mol. The lowest BCUT2D eigenvalue weighted by molar-refractivity contribution is -0.123. The van der Waals surface area contributed by atoms with Gasteiger partial charge in [0, 0.05) is 38.7 Å². The van der Waals surface area contributed by atoms with E-state index in [9.17, 15) is 24.3 Å². The molecule has 1 fully saturated rings. The normalized spacial score (nSPS) is 23.0. The minimum absolute atomic E-state index is 0.114. The van der Waals surface area contributed by atoms with Crippen LogP contribution in [0.15, 0.2) is 92.4 Å². The maximum absolute atomic E-state index is 14.3. The molecule has 0 bridgehead atoms. The number of allylic oxidation sites excluding steroid dienone is 6. The van der Waals surface area contributed by atoms with Gasteiger partial charge in [-0.15, -0.1) is 0 Å². The number of amides is 2. The van der Waals surface area contributed by atoms with E-state index in [1.165, 1.54) is 18.1 Å². The smallest absolute Gasteiger partial charge is 0.238 e. The lowest BCUT2D eigenvalue weighted by Gasteiger charge is -2.42. The number of benzene rings is 3. The molecule has 254 valence electrons. The highest BCUT2D eigenvalue weighted by Crippen LogP contribution is 2.57. The van der Waals surface area contributed by atoms with Crippen LogP contribution in [0.5, 0.6) is 23.0 Å². The molecular weight excluding hydrogens is 770 g/mol. The van der Waals surface area contributed by atoms with Crippen molar-refractivity contribution in [3.8, 4) is 23.0 Å². The first-order valence-electron chi connectivity index (χ1n) is 15.9. The molecule has 0 spiro atoms. The number of halogens is 2. The quantitative estimate of drug-likeness (QED) is 0.114. The number of carbonyl (C=O) groups excluding carboxylic acids is 4. The van der Waals surface area contributed by atoms with Gasteiger partial charge in [-0.1, -0.05) is 51.9 Å². The monoisotopic (exact) mass is 799 g/mol. The van der Waals surface area contributed by atoms with Gasteiger partial charge in [0.05, 0.1) is 43.3 Å². The van der Waals surface area contributed by atoms with Crippen LogP contribution in [0.25, 0.3) is 12.2 Å². The summed E-state index contributed by atoms with van der Waals surface area (Å²) in [7, 11) is 4.62. The zero-order valence-corrected chi connectivity index (χ0v) is 30.4. The van der Waals surface area contributed by atoms with Crippen LogP contribution in [0.2, 0.25) is 0 Å². The number of phenols is 1. The Hall–Kier alpha value is -4.74. The number of rotatable bonds is 7. The van der Waals surface area contributed by atoms with Crippen LogP contribution in [-0.4, -0.2) is 49.8 Å². The number of fused-ring (bicyclic) bond motifs is 3. The summed E-state index contributed by atoms with van der Waals surface area (Å²) < 4.78 is 17.0. The largest absolute Gasteiger partial charge is 0.504 e. The van der Waals surface area contributed by atoms with E-state index in [0.29, 0.717) is 27.2 Å². The molecule has 0 aromatic heterocycles. The topological polar surface area (TPSA) is 119 Å². The molecule has 1 saturated heterocycles. The van der Waals surface area contributed by atoms with Gasteiger partial charge in [-0.3, -0.25) is 24.1 Å². The highest BCUT2D eigenvalue weighted by Gasteiger charge is 2.57. The van der Waals surface area contributed by atoms with E-state index in [-0.39, 0.29) is 63.4 Å². The van der Waals surface area contributed by atoms with E-state index in [2.05, 4.69) is 31.9 Å². The number of hydrogen-bond donors (Lipinski definition) is 1. The van der Waals surface area contributed by atoms with E-state index < -0.39 is 23.7 Å². The Kier molecular flexibility index (Phi) is 8.90. The van der Waals surface area contributed by atoms with Crippen molar-refractivity contribution in [2.75, 3.05) is 26.2 Å². The number of carbonyl (C=O) groups is 4. The van der Waals surface area contributed by atoms with Crippen LogP contribution in [0.1, 0.15) is 35.4 Å². The number of ketones is 2. The molecule has 3 aromatic carbocycles. The molecule has 3 aliphatic carbocycles. The van der Waals surface area contributed by atoms with Crippen molar-refractivity contribution in [3.63, 3.8) is 0 Å². The van der Waals surface area contributed by atoms with Crippen LogP contribution >= 0.6 is 31.9 Å². The number of imide groups is 1. The summed E-state index contributed by atoms with van der Waals surface area (Å²) in [6, 6.07) is 16.0. The highest BCUT2D eigenvalue weighted by molar-refractivity contribution is 9.12. The summed E-state index contributed by atoms with van der Waals surface area (Å²) in [5, 5.41) is 11.3. The second-order valence-corrected chi connectivity index (χ2v) is 14.3. The predicted octanol–water partition coefficient (Wildman–Crippen LogP) is 7.32. The summed E-state index contributed by atoms with van der Waals surface area (Å²) in [5.41, 5.74) is 3.75. The number of Topliss-reactive ketones (excluding diaryl/α,β-unsaturated/α-hetero) is 1. The SMILES string of the molecule is COc1ccc(OC)c(C=Cc2ccc(N3C(=O)[C@H]4[C@H](CC=C5[C@H](c6cc(Br)cc(OC)c6O)C6=C(C[C@H]54)C(=O)C(Br)=CC6=O)C3=O)cc2)c1. The first-order valence-corrected chi connectivity index (χ1v) is 17.5. The summed E-state index contributed by atoms with van der Waals surface area (Å²) in [6.45, 7) is 0. The number of nitrogens with zero attached hydrogens (tertiary/aromatic N) is 1. The van der Waals surface area contributed by atoms with Crippen molar-refractivity contribution < 1.29 is 38.5 Å². The number of aromatic hydroxyl groups is 1. The molecule has 1 aliphatic heterocycles. The first kappa shape index (κ1) is 33.7. The van der Waals surface area contributed by atoms with Crippen molar-refractivity contribution >= 4 is 73.1 Å². The fourth-order valence-electron chi connectivity index (χ4n) is 7.68. The van der Waals surface area contributed by atoms with Crippen molar-refractivity contribution in [1.29, 1.82) is 0 Å². The van der Waals surface area contributed by atoms with Crippen LogP contribution in [-0.2, 0) is 19.2 Å². The Balaban J connectivity index is 1.23. The standard InChI is InChI=1S/C39H31Br2NO8/c1-48-23-10-13-31(49-2)20(14-23)7-4-19-5-8-22(9-6-19)42-38(46)25-12-11-24-26(34(25)39(42)47)17-28-35(30(43)18-29(41)36(28)44)33(24)27-15-21(40)16-32(50-3)37(27)45/h4-11,13-16,18,25-26,33-34,45H,12,17H2,1-3H3/t25-,26+,33+,34-/m0/s1. The predicted molar refractivity (Wildman–Crippen MR) is 194 cm³/mol. The van der Waals surface area contributed by atoms with Crippen LogP contribution < -0.4 is 19.1 Å². The van der Waals surface area contributed by atoms with Gasteiger partial charge in [0.2, 0.25) is 11.8 Å². The maximum Gasteiger partial charge on any atom is 0.238 e. The molecule has 4 atom stereocenters. The third kappa shape index (κ3) is 5.52. The molecule has 7 rings (SSSR count). The summed E-state index contributed by atoms with van der Waals surface area (Å²) >= 11 is 6.73. The third-order valence-corrected chi connectivity index (χ3v) is 11.0. The van der Waals surface area contributed by atoms with E-state index in [4.69, 9.17) is 14.2 Å². The van der Waals surface area contributed by atoms with Gasteiger partial charge in [0.25, 0.3) is 0 Å².